The van der Waals surface area contributed by atoms with E-state index in [2.05, 4.69) is 42.7 Å². The minimum Gasteiger partial charge on any atom is -0.205 e. The van der Waals surface area contributed by atoms with Gasteiger partial charge in [0.25, 0.3) is 0 Å². The number of fused-ring (bicyclic) bond motifs is 1. The van der Waals surface area contributed by atoms with Gasteiger partial charge >= 0.3 is 0 Å². The molecule has 0 saturated carbocycles. The predicted molar refractivity (Wildman–Crippen MR) is 146 cm³/mol. The summed E-state index contributed by atoms with van der Waals surface area (Å²) in [5.74, 6) is 9.00. The lowest BCUT2D eigenvalue weighted by atomic mass is 10.0. The molecule has 0 radical (unpaired) electrons. The molecule has 0 aromatic heterocycles. The van der Waals surface area contributed by atoms with Crippen LogP contribution in [0.2, 0.25) is 0 Å². The third-order valence-electron chi connectivity index (χ3n) is 6.32. The number of aryl methyl sites for hydroxylation is 1. The summed E-state index contributed by atoms with van der Waals surface area (Å²) >= 11 is 0. The smallest absolute Gasteiger partial charge is 0.146 e. The van der Waals surface area contributed by atoms with Crippen molar-refractivity contribution in [3.05, 3.63) is 118 Å². The Morgan fingerprint density at radius 2 is 1.32 bits per heavy atom. The topological polar surface area (TPSA) is 23.8 Å². The van der Waals surface area contributed by atoms with Crippen LogP contribution in [-0.4, -0.2) is 0 Å². The van der Waals surface area contributed by atoms with Crippen LogP contribution >= 0.6 is 0 Å². The number of hydrogen-bond acceptors (Lipinski definition) is 1. The van der Waals surface area contributed by atoms with Crippen molar-refractivity contribution in [3.63, 3.8) is 0 Å². The molecule has 0 unspecified atom stereocenters. The molecule has 0 saturated heterocycles. The molecule has 0 fully saturated rings. The second-order valence-corrected chi connectivity index (χ2v) is 9.15. The van der Waals surface area contributed by atoms with Gasteiger partial charge in [-0.1, -0.05) is 80.6 Å². The first-order chi connectivity index (χ1) is 18.5. The first-order valence-corrected chi connectivity index (χ1v) is 12.7. The van der Waals surface area contributed by atoms with E-state index in [1.807, 2.05) is 18.2 Å². The predicted octanol–water partition coefficient (Wildman–Crippen LogP) is 8.44. The van der Waals surface area contributed by atoms with Crippen LogP contribution in [0.5, 0.6) is 0 Å². The lowest BCUT2D eigenvalue weighted by Crippen LogP contribution is -1.92. The Balaban J connectivity index is 1.47. The fourth-order valence-electron chi connectivity index (χ4n) is 4.19. The van der Waals surface area contributed by atoms with E-state index in [1.165, 1.54) is 49.8 Å². The maximum atomic E-state index is 15.1. The second-order valence-electron chi connectivity index (χ2n) is 9.15. The average Bonchev–Trinajstić information content (AvgIpc) is 2.92. The Kier molecular flexibility index (Phi) is 8.87. The standard InChI is InChI=1S/C34H26F3N/c1-2-3-4-5-6-7-24-8-10-25(11-9-24)12-13-26-15-19-30-29(20-26)18-17-28(34(30)37)16-14-27-21-32(35)31(23-38)33(36)22-27/h8-11,15,17-22H,2-7H2,1H3. The normalized spacial score (nSPS) is 10.3. The van der Waals surface area contributed by atoms with Gasteiger partial charge in [0.05, 0.1) is 5.56 Å². The summed E-state index contributed by atoms with van der Waals surface area (Å²) in [7, 11) is 0. The van der Waals surface area contributed by atoms with Crippen molar-refractivity contribution in [1.29, 1.82) is 5.26 Å². The Bertz CT molecular complexity index is 1600. The van der Waals surface area contributed by atoms with Gasteiger partial charge in [0.2, 0.25) is 0 Å². The molecule has 0 aliphatic heterocycles. The molecule has 0 aliphatic carbocycles. The van der Waals surface area contributed by atoms with Gasteiger partial charge in [-0.3, -0.25) is 0 Å². The van der Waals surface area contributed by atoms with Crippen molar-refractivity contribution >= 4 is 10.8 Å². The molecule has 38 heavy (non-hydrogen) atoms. The highest BCUT2D eigenvalue weighted by molar-refractivity contribution is 5.86. The number of halogens is 3. The van der Waals surface area contributed by atoms with Gasteiger partial charge in [0.15, 0.2) is 0 Å². The highest BCUT2D eigenvalue weighted by Gasteiger charge is 2.10. The fourth-order valence-corrected chi connectivity index (χ4v) is 4.19. The highest BCUT2D eigenvalue weighted by Crippen LogP contribution is 2.22. The van der Waals surface area contributed by atoms with E-state index in [0.29, 0.717) is 10.8 Å². The summed E-state index contributed by atoms with van der Waals surface area (Å²) in [4.78, 5) is 0. The Morgan fingerprint density at radius 3 is 2.03 bits per heavy atom. The number of nitrogens with zero attached hydrogens (tertiary/aromatic N) is 1. The molecular weight excluding hydrogens is 479 g/mol. The van der Waals surface area contributed by atoms with Gasteiger partial charge in [-0.25, -0.2) is 13.2 Å². The molecule has 4 aromatic carbocycles. The van der Waals surface area contributed by atoms with Crippen molar-refractivity contribution in [1.82, 2.24) is 0 Å². The van der Waals surface area contributed by atoms with E-state index < -0.39 is 23.0 Å². The molecule has 0 bridgehead atoms. The van der Waals surface area contributed by atoms with Crippen LogP contribution in [0.15, 0.2) is 66.7 Å². The number of nitriles is 1. The van der Waals surface area contributed by atoms with Crippen LogP contribution in [-0.2, 0) is 6.42 Å². The molecular formula is C34H26F3N. The van der Waals surface area contributed by atoms with Crippen molar-refractivity contribution in [2.45, 2.75) is 45.4 Å². The van der Waals surface area contributed by atoms with Crippen LogP contribution in [0.25, 0.3) is 10.8 Å². The van der Waals surface area contributed by atoms with E-state index in [0.717, 1.165) is 29.7 Å². The van der Waals surface area contributed by atoms with Gasteiger partial charge < -0.3 is 0 Å². The molecule has 1 nitrogen and oxygen atoms in total. The second kappa shape index (κ2) is 12.7. The lowest BCUT2D eigenvalue weighted by Gasteiger charge is -2.03. The van der Waals surface area contributed by atoms with Crippen molar-refractivity contribution in [3.8, 4) is 29.8 Å². The van der Waals surface area contributed by atoms with Gasteiger partial charge in [0, 0.05) is 22.1 Å². The van der Waals surface area contributed by atoms with Gasteiger partial charge in [-0.05, 0) is 66.3 Å². The molecule has 0 atom stereocenters. The minimum absolute atomic E-state index is 0.0177. The Hall–Kier alpha value is -4.46. The Morgan fingerprint density at radius 1 is 0.658 bits per heavy atom. The minimum atomic E-state index is -1.00. The van der Waals surface area contributed by atoms with Crippen LogP contribution < -0.4 is 0 Å². The monoisotopic (exact) mass is 505 g/mol. The zero-order valence-corrected chi connectivity index (χ0v) is 21.2. The van der Waals surface area contributed by atoms with Crippen molar-refractivity contribution in [2.75, 3.05) is 0 Å². The first-order valence-electron chi connectivity index (χ1n) is 12.7. The maximum Gasteiger partial charge on any atom is 0.146 e. The molecule has 4 heteroatoms. The summed E-state index contributed by atoms with van der Waals surface area (Å²) in [5, 5.41) is 9.83. The highest BCUT2D eigenvalue weighted by atomic mass is 19.1. The van der Waals surface area contributed by atoms with Crippen molar-refractivity contribution in [2.24, 2.45) is 0 Å². The molecule has 4 aromatic rings. The first kappa shape index (κ1) is 26.6. The SMILES string of the molecule is CCCCCCCc1ccc(C#Cc2ccc3c(F)c(C#Cc4cc(F)c(C#N)c(F)c4)ccc3c2)cc1. The number of unbranched alkanes of at least 4 members (excludes halogenated alkanes) is 4. The van der Waals surface area contributed by atoms with E-state index in [-0.39, 0.29) is 11.1 Å². The molecule has 0 amide bonds. The van der Waals surface area contributed by atoms with Crippen LogP contribution in [0.4, 0.5) is 13.2 Å². The van der Waals surface area contributed by atoms with Crippen LogP contribution in [0, 0.1) is 52.5 Å². The summed E-state index contributed by atoms with van der Waals surface area (Å²) in [5.41, 5.74) is 2.46. The quantitative estimate of drug-likeness (QED) is 0.191. The van der Waals surface area contributed by atoms with Crippen LogP contribution in [0.3, 0.4) is 0 Å². The van der Waals surface area contributed by atoms with Gasteiger partial charge in [-0.2, -0.15) is 5.26 Å². The number of rotatable bonds is 6. The third-order valence-corrected chi connectivity index (χ3v) is 6.32. The summed E-state index contributed by atoms with van der Waals surface area (Å²) in [6.45, 7) is 2.22. The van der Waals surface area contributed by atoms with Gasteiger partial charge in [-0.15, -0.1) is 0 Å². The van der Waals surface area contributed by atoms with Gasteiger partial charge in [0.1, 0.15) is 29.1 Å². The average molecular weight is 506 g/mol. The molecule has 188 valence electrons. The zero-order valence-electron chi connectivity index (χ0n) is 21.2. The molecule has 0 aliphatic rings. The fraction of sp³-hybridized carbons (Fsp3) is 0.206. The summed E-state index contributed by atoms with van der Waals surface area (Å²) in [6, 6.07) is 20.2. The molecule has 0 heterocycles. The maximum absolute atomic E-state index is 15.1. The van der Waals surface area contributed by atoms with E-state index >= 15 is 4.39 Å². The van der Waals surface area contributed by atoms with E-state index in [9.17, 15) is 8.78 Å². The number of benzene rings is 4. The molecule has 0 spiro atoms. The Labute approximate surface area is 221 Å². The molecule has 0 N–H and O–H groups in total. The third kappa shape index (κ3) is 6.64. The summed E-state index contributed by atoms with van der Waals surface area (Å²) in [6.07, 6.45) is 7.41. The number of hydrogen-bond donors (Lipinski definition) is 0. The summed E-state index contributed by atoms with van der Waals surface area (Å²) < 4.78 is 42.7. The zero-order chi connectivity index (χ0) is 26.9. The molecule has 4 rings (SSSR count). The largest absolute Gasteiger partial charge is 0.205 e. The lowest BCUT2D eigenvalue weighted by molar-refractivity contribution is 0.576. The van der Waals surface area contributed by atoms with Crippen LogP contribution in [0.1, 0.15) is 72.4 Å². The van der Waals surface area contributed by atoms with E-state index in [4.69, 9.17) is 5.26 Å². The van der Waals surface area contributed by atoms with E-state index in [1.54, 1.807) is 18.2 Å². The van der Waals surface area contributed by atoms with Crippen molar-refractivity contribution < 1.29 is 13.2 Å².